The van der Waals surface area contributed by atoms with E-state index in [1.807, 2.05) is 48.5 Å². The number of quaternary nitrogens is 1. The van der Waals surface area contributed by atoms with E-state index in [1.165, 1.54) is 4.90 Å². The second-order valence-electron chi connectivity index (χ2n) is 7.81. The van der Waals surface area contributed by atoms with Crippen molar-refractivity contribution in [2.24, 2.45) is 5.73 Å². The van der Waals surface area contributed by atoms with E-state index >= 15 is 0 Å². The Hall–Kier alpha value is -3.69. The predicted octanol–water partition coefficient (Wildman–Crippen LogP) is 2.38. The van der Waals surface area contributed by atoms with Gasteiger partial charge in [-0.15, -0.1) is 0 Å². The van der Waals surface area contributed by atoms with Crippen LogP contribution < -0.4 is 20.1 Å². The molecule has 2 aliphatic heterocycles. The van der Waals surface area contributed by atoms with E-state index in [1.54, 1.807) is 14.2 Å². The maximum Gasteiger partial charge on any atom is 0.205 e. The Balaban J connectivity index is 1.81. The molecule has 0 saturated heterocycles. The first kappa shape index (κ1) is 20.6. The van der Waals surface area contributed by atoms with Crippen molar-refractivity contribution in [2.45, 2.75) is 5.92 Å². The van der Waals surface area contributed by atoms with E-state index in [-0.39, 0.29) is 11.8 Å². The summed E-state index contributed by atoms with van der Waals surface area (Å²) in [4.78, 5) is 1.32. The van der Waals surface area contributed by atoms with Crippen molar-refractivity contribution >= 4 is 6.08 Å². The zero-order valence-electron chi connectivity index (χ0n) is 17.9. The molecule has 2 heterocycles. The number of nitrogens with one attached hydrogen (secondary N) is 1. The summed E-state index contributed by atoms with van der Waals surface area (Å²) in [6.07, 6.45) is 2.12. The van der Waals surface area contributed by atoms with E-state index in [0.717, 1.165) is 52.6 Å². The summed E-state index contributed by atoms with van der Waals surface area (Å²) in [6, 6.07) is 18.0. The molecule has 3 N–H and O–H groups in total. The number of hydrogen-bond acceptors (Lipinski definition) is 5. The van der Waals surface area contributed by atoms with Gasteiger partial charge in [-0.2, -0.15) is 5.26 Å². The Morgan fingerprint density at radius 2 is 1.65 bits per heavy atom. The summed E-state index contributed by atoms with van der Waals surface area (Å²) in [7, 11) is 5.43. The lowest BCUT2D eigenvalue weighted by molar-refractivity contribution is -0.871. The third-order valence-corrected chi connectivity index (χ3v) is 5.71. The summed E-state index contributed by atoms with van der Waals surface area (Å²) in [5, 5.41) is 9.85. The SMILES string of the molecule is COc1ccc(C=C2C[NH+](C)CC3=C2OC(N)=C(C#N)[C@@H]3c2ccc(OC)cc2)cc1. The molecule has 1 unspecified atom stereocenters. The van der Waals surface area contributed by atoms with Crippen molar-refractivity contribution in [1.29, 1.82) is 5.26 Å². The average molecular weight is 417 g/mol. The summed E-state index contributed by atoms with van der Waals surface area (Å²) >= 11 is 0. The van der Waals surface area contributed by atoms with Gasteiger partial charge in [0.15, 0.2) is 0 Å². The Bertz CT molecular complexity index is 1110. The van der Waals surface area contributed by atoms with Crippen LogP contribution in [0.3, 0.4) is 0 Å². The van der Waals surface area contributed by atoms with Crippen LogP contribution in [0.1, 0.15) is 17.0 Å². The van der Waals surface area contributed by atoms with Crippen LogP contribution in [-0.4, -0.2) is 34.4 Å². The van der Waals surface area contributed by atoms with Crippen molar-refractivity contribution in [3.8, 4) is 17.6 Å². The number of rotatable bonds is 4. The van der Waals surface area contributed by atoms with Gasteiger partial charge < -0.3 is 24.8 Å². The van der Waals surface area contributed by atoms with Crippen LogP contribution in [0.15, 0.2) is 76.9 Å². The molecule has 0 radical (unpaired) electrons. The second kappa shape index (κ2) is 8.58. The van der Waals surface area contributed by atoms with E-state index in [2.05, 4.69) is 19.2 Å². The molecule has 2 aromatic carbocycles. The van der Waals surface area contributed by atoms with Gasteiger partial charge in [0.1, 0.15) is 42.0 Å². The Kier molecular flexibility index (Phi) is 5.70. The van der Waals surface area contributed by atoms with Gasteiger partial charge in [0.05, 0.1) is 27.2 Å². The molecule has 158 valence electrons. The average Bonchev–Trinajstić information content (AvgIpc) is 2.79. The molecule has 2 aromatic rings. The minimum atomic E-state index is -0.242. The molecule has 0 fully saturated rings. The molecule has 0 saturated carbocycles. The van der Waals surface area contributed by atoms with Crippen LogP contribution in [0, 0.1) is 11.3 Å². The third kappa shape index (κ3) is 4.00. The lowest BCUT2D eigenvalue weighted by atomic mass is 9.80. The molecule has 2 atom stereocenters. The normalized spacial score (nSPS) is 21.9. The molecule has 6 nitrogen and oxygen atoms in total. The van der Waals surface area contributed by atoms with Crippen LogP contribution in [0.2, 0.25) is 0 Å². The first-order chi connectivity index (χ1) is 15.0. The summed E-state index contributed by atoms with van der Waals surface area (Å²) < 4.78 is 16.6. The van der Waals surface area contributed by atoms with Crippen molar-refractivity contribution in [3.05, 3.63) is 88.0 Å². The lowest BCUT2D eigenvalue weighted by Crippen LogP contribution is -3.10. The van der Waals surface area contributed by atoms with Crippen molar-refractivity contribution < 1.29 is 19.1 Å². The quantitative estimate of drug-likeness (QED) is 0.800. The molecule has 6 heteroatoms. The molecule has 4 rings (SSSR count). The van der Waals surface area contributed by atoms with Gasteiger partial charge in [-0.05, 0) is 41.5 Å². The third-order valence-electron chi connectivity index (χ3n) is 5.71. The van der Waals surface area contributed by atoms with Crippen molar-refractivity contribution in [2.75, 3.05) is 34.4 Å². The fourth-order valence-electron chi connectivity index (χ4n) is 4.23. The molecular weight excluding hydrogens is 390 g/mol. The largest absolute Gasteiger partial charge is 0.497 e. The maximum atomic E-state index is 9.85. The number of methoxy groups -OCH3 is 2. The molecule has 0 aliphatic carbocycles. The monoisotopic (exact) mass is 416 g/mol. The van der Waals surface area contributed by atoms with Gasteiger partial charge >= 0.3 is 0 Å². The number of nitriles is 1. The topological polar surface area (TPSA) is 81.9 Å². The van der Waals surface area contributed by atoms with Gasteiger partial charge in [-0.1, -0.05) is 24.3 Å². The van der Waals surface area contributed by atoms with Crippen LogP contribution in [0.4, 0.5) is 0 Å². The first-order valence-electron chi connectivity index (χ1n) is 10.1. The molecule has 31 heavy (non-hydrogen) atoms. The predicted molar refractivity (Wildman–Crippen MR) is 118 cm³/mol. The number of hydrogen-bond donors (Lipinski definition) is 2. The number of ether oxygens (including phenoxy) is 3. The number of nitrogens with zero attached hydrogens (tertiary/aromatic N) is 1. The number of benzene rings is 2. The first-order valence-corrected chi connectivity index (χ1v) is 10.1. The molecule has 0 amide bonds. The lowest BCUT2D eigenvalue weighted by Gasteiger charge is -2.35. The van der Waals surface area contributed by atoms with Crippen LogP contribution in [-0.2, 0) is 4.74 Å². The molecule has 0 spiro atoms. The Morgan fingerprint density at radius 3 is 2.23 bits per heavy atom. The minimum absolute atomic E-state index is 0.169. The highest BCUT2D eigenvalue weighted by Crippen LogP contribution is 2.41. The van der Waals surface area contributed by atoms with Crippen LogP contribution in [0.5, 0.6) is 11.5 Å². The number of likely N-dealkylation sites (N-methyl/N-ethyl adjacent to an activating group) is 1. The highest BCUT2D eigenvalue weighted by Gasteiger charge is 2.38. The molecular formula is C25H26N3O3+. The van der Waals surface area contributed by atoms with Crippen molar-refractivity contribution in [3.63, 3.8) is 0 Å². The maximum absolute atomic E-state index is 9.85. The molecule has 0 aromatic heterocycles. The minimum Gasteiger partial charge on any atom is -0.497 e. The van der Waals surface area contributed by atoms with Crippen LogP contribution >= 0.6 is 0 Å². The van der Waals surface area contributed by atoms with E-state index < -0.39 is 0 Å². The fraction of sp³-hybridized carbons (Fsp3) is 0.240. The van der Waals surface area contributed by atoms with Gasteiger partial charge in [0.25, 0.3) is 0 Å². The van der Waals surface area contributed by atoms with Gasteiger partial charge in [-0.3, -0.25) is 0 Å². The summed E-state index contributed by atoms with van der Waals surface area (Å²) in [6.45, 7) is 1.57. The zero-order chi connectivity index (χ0) is 22.0. The van der Waals surface area contributed by atoms with E-state index in [4.69, 9.17) is 19.9 Å². The van der Waals surface area contributed by atoms with Crippen molar-refractivity contribution in [1.82, 2.24) is 0 Å². The Morgan fingerprint density at radius 1 is 1.03 bits per heavy atom. The smallest absolute Gasteiger partial charge is 0.205 e. The Labute approximate surface area is 182 Å². The van der Waals surface area contributed by atoms with Gasteiger partial charge in [0, 0.05) is 11.1 Å². The zero-order valence-corrected chi connectivity index (χ0v) is 17.9. The standard InChI is InChI=1S/C25H25N3O3/c1-28-14-18(12-16-4-8-19(29-2)9-5-16)24-22(15-28)23(21(13-26)25(27)31-24)17-6-10-20(30-3)11-7-17/h4-12,23H,14-15,27H2,1-3H3/p+1/t23-/m0/s1. The van der Waals surface area contributed by atoms with Crippen LogP contribution in [0.25, 0.3) is 6.08 Å². The highest BCUT2D eigenvalue weighted by atomic mass is 16.5. The summed E-state index contributed by atoms with van der Waals surface area (Å²) in [5.41, 5.74) is 10.9. The van der Waals surface area contributed by atoms with Gasteiger partial charge in [0.2, 0.25) is 5.88 Å². The second-order valence-corrected chi connectivity index (χ2v) is 7.81. The van der Waals surface area contributed by atoms with E-state index in [9.17, 15) is 5.26 Å². The molecule has 2 aliphatic rings. The number of nitrogens with two attached hydrogens (primary N) is 1. The summed E-state index contributed by atoms with van der Waals surface area (Å²) in [5.74, 6) is 2.29. The molecule has 0 bridgehead atoms. The fourth-order valence-corrected chi connectivity index (χ4v) is 4.23. The highest BCUT2D eigenvalue weighted by molar-refractivity contribution is 5.62. The number of allylic oxidation sites excluding steroid dienone is 1. The van der Waals surface area contributed by atoms with Gasteiger partial charge in [-0.25, -0.2) is 0 Å². The van der Waals surface area contributed by atoms with E-state index in [0.29, 0.717) is 5.57 Å².